The van der Waals surface area contributed by atoms with Crippen LogP contribution >= 0.6 is 11.6 Å². The van der Waals surface area contributed by atoms with Crippen molar-refractivity contribution in [2.24, 2.45) is 0 Å². The van der Waals surface area contributed by atoms with Crippen LogP contribution in [0.4, 0.5) is 11.5 Å². The van der Waals surface area contributed by atoms with Gasteiger partial charge in [0.2, 0.25) is 0 Å². The van der Waals surface area contributed by atoms with E-state index in [0.717, 1.165) is 0 Å². The topological polar surface area (TPSA) is 77.8 Å². The van der Waals surface area contributed by atoms with Crippen LogP contribution in [0.3, 0.4) is 0 Å². The molecule has 0 spiro atoms. The molecule has 2 rings (SSSR count). The van der Waals surface area contributed by atoms with Crippen molar-refractivity contribution in [3.63, 3.8) is 0 Å². The van der Waals surface area contributed by atoms with Crippen molar-refractivity contribution in [3.8, 4) is 6.07 Å². The monoisotopic (exact) mass is 300 g/mol. The SMILES string of the molecule is CCNc1ncccc1C(=O)Nc1cc(C#N)ccc1Cl. The van der Waals surface area contributed by atoms with Gasteiger partial charge in [-0.2, -0.15) is 5.26 Å². The zero-order valence-electron chi connectivity index (χ0n) is 11.4. The van der Waals surface area contributed by atoms with Gasteiger partial charge in [-0.15, -0.1) is 0 Å². The van der Waals surface area contributed by atoms with E-state index in [1.54, 1.807) is 30.5 Å². The molecule has 2 N–H and O–H groups in total. The van der Waals surface area contributed by atoms with E-state index in [1.165, 1.54) is 6.07 Å². The normalized spacial score (nSPS) is 9.76. The number of nitrogens with one attached hydrogen (secondary N) is 2. The standard InChI is InChI=1S/C15H13ClN4O/c1-2-18-14-11(4-3-7-19-14)15(21)20-13-8-10(9-17)5-6-12(13)16/h3-8H,2H2,1H3,(H,18,19)(H,20,21). The van der Waals surface area contributed by atoms with Crippen LogP contribution in [-0.4, -0.2) is 17.4 Å². The highest BCUT2D eigenvalue weighted by Crippen LogP contribution is 2.24. The lowest BCUT2D eigenvalue weighted by Crippen LogP contribution is -2.16. The predicted octanol–water partition coefficient (Wildman–Crippen LogP) is 3.29. The lowest BCUT2D eigenvalue weighted by atomic mass is 10.2. The highest BCUT2D eigenvalue weighted by atomic mass is 35.5. The summed E-state index contributed by atoms with van der Waals surface area (Å²) in [7, 11) is 0. The summed E-state index contributed by atoms with van der Waals surface area (Å²) in [5.41, 5.74) is 1.23. The summed E-state index contributed by atoms with van der Waals surface area (Å²) in [6.45, 7) is 2.57. The van der Waals surface area contributed by atoms with Gasteiger partial charge in [0.05, 0.1) is 27.9 Å². The van der Waals surface area contributed by atoms with Crippen LogP contribution in [0, 0.1) is 11.3 Å². The Kier molecular flexibility index (Phi) is 4.75. The summed E-state index contributed by atoms with van der Waals surface area (Å²) in [4.78, 5) is 16.5. The molecule has 106 valence electrons. The molecule has 2 aromatic rings. The lowest BCUT2D eigenvalue weighted by Gasteiger charge is -2.11. The second kappa shape index (κ2) is 6.73. The van der Waals surface area contributed by atoms with Crippen molar-refractivity contribution < 1.29 is 4.79 Å². The van der Waals surface area contributed by atoms with Gasteiger partial charge < -0.3 is 10.6 Å². The Morgan fingerprint density at radius 2 is 2.24 bits per heavy atom. The second-order valence-electron chi connectivity index (χ2n) is 4.19. The maximum absolute atomic E-state index is 12.3. The van der Waals surface area contributed by atoms with Gasteiger partial charge in [0, 0.05) is 12.7 Å². The van der Waals surface area contributed by atoms with E-state index in [4.69, 9.17) is 16.9 Å². The third-order valence-corrected chi connectivity index (χ3v) is 3.07. The first-order valence-corrected chi connectivity index (χ1v) is 6.73. The van der Waals surface area contributed by atoms with Gasteiger partial charge in [0.1, 0.15) is 5.82 Å². The van der Waals surface area contributed by atoms with Gasteiger partial charge in [0.15, 0.2) is 0 Å². The maximum Gasteiger partial charge on any atom is 0.259 e. The molecule has 0 saturated carbocycles. The van der Waals surface area contributed by atoms with Crippen LogP contribution in [0.2, 0.25) is 5.02 Å². The van der Waals surface area contributed by atoms with Crippen LogP contribution in [0.1, 0.15) is 22.8 Å². The van der Waals surface area contributed by atoms with Gasteiger partial charge in [-0.25, -0.2) is 4.98 Å². The molecule has 1 aromatic heterocycles. The molecule has 21 heavy (non-hydrogen) atoms. The Labute approximate surface area is 127 Å². The van der Waals surface area contributed by atoms with Crippen LogP contribution in [0.25, 0.3) is 0 Å². The molecule has 0 radical (unpaired) electrons. The van der Waals surface area contributed by atoms with Gasteiger partial charge >= 0.3 is 0 Å². The average molecular weight is 301 g/mol. The fourth-order valence-electron chi connectivity index (χ4n) is 1.78. The minimum absolute atomic E-state index is 0.337. The fraction of sp³-hybridized carbons (Fsp3) is 0.133. The van der Waals surface area contributed by atoms with Crippen molar-refractivity contribution in [1.82, 2.24) is 4.98 Å². The maximum atomic E-state index is 12.3. The van der Waals surface area contributed by atoms with Crippen LogP contribution in [0.15, 0.2) is 36.5 Å². The number of halogens is 1. The van der Waals surface area contributed by atoms with Crippen molar-refractivity contribution in [2.45, 2.75) is 6.92 Å². The van der Waals surface area contributed by atoms with E-state index in [1.807, 2.05) is 13.0 Å². The molecule has 0 aliphatic carbocycles. The number of hydrogen-bond acceptors (Lipinski definition) is 4. The summed E-state index contributed by atoms with van der Waals surface area (Å²) >= 11 is 6.03. The lowest BCUT2D eigenvalue weighted by molar-refractivity contribution is 0.102. The smallest absolute Gasteiger partial charge is 0.259 e. The number of rotatable bonds is 4. The molecule has 0 atom stereocenters. The molecule has 0 aliphatic heterocycles. The van der Waals surface area contributed by atoms with E-state index in [2.05, 4.69) is 15.6 Å². The molecule has 1 aromatic carbocycles. The summed E-state index contributed by atoms with van der Waals surface area (Å²) in [5.74, 6) is 0.168. The van der Waals surface area contributed by atoms with Gasteiger partial charge in [-0.1, -0.05) is 11.6 Å². The number of nitriles is 1. The first-order chi connectivity index (χ1) is 10.2. The van der Waals surface area contributed by atoms with Gasteiger partial charge in [-0.05, 0) is 37.3 Å². The Morgan fingerprint density at radius 3 is 2.95 bits per heavy atom. The first-order valence-electron chi connectivity index (χ1n) is 6.35. The van der Waals surface area contributed by atoms with E-state index >= 15 is 0 Å². The molecule has 1 heterocycles. The molecule has 6 heteroatoms. The molecule has 0 aliphatic rings. The highest BCUT2D eigenvalue weighted by molar-refractivity contribution is 6.34. The summed E-state index contributed by atoms with van der Waals surface area (Å²) in [5, 5.41) is 15.0. The number of benzene rings is 1. The molecule has 0 saturated heterocycles. The molecule has 5 nitrogen and oxygen atoms in total. The number of carbonyl (C=O) groups is 1. The van der Waals surface area contributed by atoms with E-state index in [-0.39, 0.29) is 5.91 Å². The Balaban J connectivity index is 2.28. The van der Waals surface area contributed by atoms with Crippen LogP contribution in [-0.2, 0) is 0 Å². The van der Waals surface area contributed by atoms with Crippen LogP contribution in [0.5, 0.6) is 0 Å². The van der Waals surface area contributed by atoms with Crippen molar-refractivity contribution in [1.29, 1.82) is 5.26 Å². The number of amides is 1. The van der Waals surface area contributed by atoms with Crippen molar-refractivity contribution >= 4 is 29.0 Å². The molecule has 0 bridgehead atoms. The Bertz CT molecular complexity index is 709. The van der Waals surface area contributed by atoms with E-state index in [9.17, 15) is 4.79 Å². The zero-order valence-corrected chi connectivity index (χ0v) is 12.1. The summed E-state index contributed by atoms with van der Waals surface area (Å²) in [6.07, 6.45) is 1.61. The Hall–Kier alpha value is -2.58. The average Bonchev–Trinajstić information content (AvgIpc) is 2.50. The van der Waals surface area contributed by atoms with E-state index < -0.39 is 0 Å². The largest absolute Gasteiger partial charge is 0.370 e. The van der Waals surface area contributed by atoms with Gasteiger partial charge in [0.25, 0.3) is 5.91 Å². The third-order valence-electron chi connectivity index (χ3n) is 2.74. The van der Waals surface area contributed by atoms with Crippen LogP contribution < -0.4 is 10.6 Å². The predicted molar refractivity (Wildman–Crippen MR) is 82.5 cm³/mol. The Morgan fingerprint density at radius 1 is 1.43 bits per heavy atom. The van der Waals surface area contributed by atoms with Gasteiger partial charge in [-0.3, -0.25) is 4.79 Å². The van der Waals surface area contributed by atoms with Crippen molar-refractivity contribution in [2.75, 3.05) is 17.2 Å². The second-order valence-corrected chi connectivity index (χ2v) is 4.60. The summed E-state index contributed by atoms with van der Waals surface area (Å²) < 4.78 is 0. The third kappa shape index (κ3) is 3.50. The summed E-state index contributed by atoms with van der Waals surface area (Å²) in [6, 6.07) is 10.1. The number of carbonyl (C=O) groups excluding carboxylic acids is 1. The number of anilines is 2. The molecule has 1 amide bonds. The number of aromatic nitrogens is 1. The molecule has 0 fully saturated rings. The highest BCUT2D eigenvalue weighted by Gasteiger charge is 2.13. The fourth-order valence-corrected chi connectivity index (χ4v) is 1.94. The molecule has 0 unspecified atom stereocenters. The number of pyridine rings is 1. The molecular weight excluding hydrogens is 288 g/mol. The number of hydrogen-bond donors (Lipinski definition) is 2. The zero-order chi connectivity index (χ0) is 15.2. The van der Waals surface area contributed by atoms with E-state index in [0.29, 0.717) is 34.2 Å². The minimum Gasteiger partial charge on any atom is -0.370 e. The minimum atomic E-state index is -0.337. The number of nitrogens with zero attached hydrogens (tertiary/aromatic N) is 2. The molecular formula is C15H13ClN4O. The van der Waals surface area contributed by atoms with Crippen molar-refractivity contribution in [3.05, 3.63) is 52.7 Å². The quantitative estimate of drug-likeness (QED) is 0.908. The first kappa shape index (κ1) is 14.8.